The number of amides is 4. The molecule has 0 saturated carbocycles. The molecule has 1 atom stereocenters. The lowest BCUT2D eigenvalue weighted by Gasteiger charge is -2.41. The molecule has 54 heavy (non-hydrogen) atoms. The van der Waals surface area contributed by atoms with Gasteiger partial charge in [-0.3, -0.25) is 14.5 Å². The maximum atomic E-state index is 14.2. The SMILES string of the molecule is CCCCOC(=O)CN1CCC(C2CCN(C(=O)[C@@H](Cc3cc(C)c(O)c(C)c3)OC(=O)N3CCC(N4CCc5ccccc5NC4=O)CC3)CC2)CC1. The number of rotatable bonds is 11. The largest absolute Gasteiger partial charge is 0.507 e. The standard InChI is InChI=1S/C42H59N5O7/c1-4-5-24-53-38(48)28-44-17-10-32(11-18-44)33-12-19-45(20-13-33)40(50)37(27-31-25-29(2)39(49)30(3)26-31)54-42(52)46-21-15-35(16-22-46)47-23-14-34-8-6-7-9-36(34)43-41(47)51/h6-9,25-26,32-33,35,37,49H,4-5,10-24,27-28H2,1-3H3,(H,43,51)/t37-/m1/s1. The highest BCUT2D eigenvalue weighted by Gasteiger charge is 2.37. The fourth-order valence-corrected chi connectivity index (χ4v) is 8.79. The molecule has 0 bridgehead atoms. The maximum Gasteiger partial charge on any atom is 0.410 e. The minimum atomic E-state index is -0.995. The number of urea groups is 1. The van der Waals surface area contributed by atoms with Gasteiger partial charge in [-0.05, 0) is 118 Å². The van der Waals surface area contributed by atoms with E-state index in [0.717, 1.165) is 74.8 Å². The molecule has 0 aliphatic carbocycles. The van der Waals surface area contributed by atoms with E-state index in [1.54, 1.807) is 4.90 Å². The van der Waals surface area contributed by atoms with Crippen molar-refractivity contribution in [2.45, 2.75) is 97.1 Å². The van der Waals surface area contributed by atoms with Crippen molar-refractivity contribution in [1.82, 2.24) is 19.6 Å². The number of anilines is 1. The zero-order valence-electron chi connectivity index (χ0n) is 32.4. The van der Waals surface area contributed by atoms with Gasteiger partial charge in [0.2, 0.25) is 0 Å². The van der Waals surface area contributed by atoms with Gasteiger partial charge in [-0.15, -0.1) is 0 Å². The van der Waals surface area contributed by atoms with Gasteiger partial charge in [0.1, 0.15) is 5.75 Å². The number of benzene rings is 2. The number of phenolic OH excluding ortho intramolecular Hbond substituents is 1. The lowest BCUT2D eigenvalue weighted by Crippen LogP contribution is -2.52. The van der Waals surface area contributed by atoms with E-state index in [9.17, 15) is 24.3 Å². The summed E-state index contributed by atoms with van der Waals surface area (Å²) >= 11 is 0. The number of likely N-dealkylation sites (tertiary alicyclic amines) is 3. The van der Waals surface area contributed by atoms with Crippen molar-refractivity contribution in [3.63, 3.8) is 0 Å². The highest BCUT2D eigenvalue weighted by atomic mass is 16.6. The fourth-order valence-electron chi connectivity index (χ4n) is 8.79. The summed E-state index contributed by atoms with van der Waals surface area (Å²) in [5.74, 6) is 0.975. The second kappa shape index (κ2) is 18.3. The maximum absolute atomic E-state index is 14.2. The van der Waals surface area contributed by atoms with Gasteiger partial charge in [0, 0.05) is 50.9 Å². The van der Waals surface area contributed by atoms with Crippen molar-refractivity contribution < 1.29 is 33.8 Å². The number of ether oxygens (including phenoxy) is 2. The molecule has 12 nitrogen and oxygen atoms in total. The first-order valence-corrected chi connectivity index (χ1v) is 20.2. The van der Waals surface area contributed by atoms with E-state index in [4.69, 9.17) is 9.47 Å². The van der Waals surface area contributed by atoms with Crippen LogP contribution in [0.3, 0.4) is 0 Å². The van der Waals surface area contributed by atoms with Gasteiger partial charge in [-0.25, -0.2) is 9.59 Å². The molecule has 3 fully saturated rings. The van der Waals surface area contributed by atoms with E-state index < -0.39 is 12.2 Å². The first-order valence-electron chi connectivity index (χ1n) is 20.2. The number of esters is 1. The van der Waals surface area contributed by atoms with Gasteiger partial charge in [0.25, 0.3) is 5.91 Å². The number of fused-ring (bicyclic) bond motifs is 1. The number of hydrogen-bond donors (Lipinski definition) is 2. The Morgan fingerprint density at radius 2 is 1.50 bits per heavy atom. The van der Waals surface area contributed by atoms with E-state index in [-0.39, 0.29) is 36.1 Å². The van der Waals surface area contributed by atoms with Gasteiger partial charge < -0.3 is 34.6 Å². The molecule has 4 aliphatic heterocycles. The topological polar surface area (TPSA) is 132 Å². The molecule has 2 aromatic rings. The number of nitrogens with zero attached hydrogens (tertiary/aromatic N) is 4. The molecule has 12 heteroatoms. The average molecular weight is 746 g/mol. The molecule has 0 unspecified atom stereocenters. The van der Waals surface area contributed by atoms with Gasteiger partial charge >= 0.3 is 18.1 Å². The van der Waals surface area contributed by atoms with Crippen LogP contribution in [0, 0.1) is 25.7 Å². The Hall–Kier alpha value is -4.32. The summed E-state index contributed by atoms with van der Waals surface area (Å²) < 4.78 is 11.5. The summed E-state index contributed by atoms with van der Waals surface area (Å²) in [6.45, 7) is 11.1. The second-order valence-electron chi connectivity index (χ2n) is 15.8. The Bertz CT molecular complexity index is 1600. The Balaban J connectivity index is 1.03. The monoisotopic (exact) mass is 745 g/mol. The summed E-state index contributed by atoms with van der Waals surface area (Å²) in [5, 5.41) is 13.4. The molecule has 4 aliphatic rings. The second-order valence-corrected chi connectivity index (χ2v) is 15.8. The molecule has 294 valence electrons. The number of phenols is 1. The van der Waals surface area contributed by atoms with Gasteiger partial charge in [-0.1, -0.05) is 43.7 Å². The molecular weight excluding hydrogens is 686 g/mol. The highest BCUT2D eigenvalue weighted by molar-refractivity contribution is 5.91. The van der Waals surface area contributed by atoms with Gasteiger partial charge in [-0.2, -0.15) is 0 Å². The zero-order valence-corrected chi connectivity index (χ0v) is 32.4. The van der Waals surface area contributed by atoms with Crippen molar-refractivity contribution in [2.24, 2.45) is 11.8 Å². The predicted molar refractivity (Wildman–Crippen MR) is 206 cm³/mol. The molecule has 4 amide bonds. The van der Waals surface area contributed by atoms with Crippen LogP contribution in [0.5, 0.6) is 5.75 Å². The fraction of sp³-hybridized carbons (Fsp3) is 0.619. The minimum absolute atomic E-state index is 0.00401. The molecule has 0 aromatic heterocycles. The van der Waals surface area contributed by atoms with Crippen molar-refractivity contribution in [3.8, 4) is 5.75 Å². The summed E-state index contributed by atoms with van der Waals surface area (Å²) in [6.07, 6.45) is 6.50. The Labute approximate surface area is 320 Å². The summed E-state index contributed by atoms with van der Waals surface area (Å²) in [4.78, 5) is 60.8. The van der Waals surface area contributed by atoms with Crippen LogP contribution in [0.2, 0.25) is 0 Å². The van der Waals surface area contributed by atoms with Crippen LogP contribution in [-0.2, 0) is 31.9 Å². The summed E-state index contributed by atoms with van der Waals surface area (Å²) in [5.41, 5.74) is 4.23. The molecular formula is C42H59N5O7. The number of carbonyl (C=O) groups is 4. The smallest absolute Gasteiger partial charge is 0.410 e. The number of nitrogens with one attached hydrogen (secondary N) is 1. The van der Waals surface area contributed by atoms with Crippen LogP contribution in [0.15, 0.2) is 36.4 Å². The van der Waals surface area contributed by atoms with Crippen molar-refractivity contribution in [3.05, 3.63) is 58.7 Å². The Morgan fingerprint density at radius 3 is 2.17 bits per heavy atom. The van der Waals surface area contributed by atoms with Gasteiger partial charge in [0.15, 0.2) is 6.10 Å². The van der Waals surface area contributed by atoms with Crippen LogP contribution < -0.4 is 5.32 Å². The number of hydrogen-bond acceptors (Lipinski definition) is 8. The van der Waals surface area contributed by atoms with E-state index in [1.165, 1.54) is 0 Å². The molecule has 3 saturated heterocycles. The van der Waals surface area contributed by atoms with E-state index >= 15 is 0 Å². The zero-order chi connectivity index (χ0) is 38.2. The van der Waals surface area contributed by atoms with Crippen molar-refractivity contribution in [2.75, 3.05) is 64.3 Å². The van der Waals surface area contributed by atoms with Crippen LogP contribution in [0.4, 0.5) is 15.3 Å². The van der Waals surface area contributed by atoms with E-state index in [2.05, 4.69) is 17.1 Å². The number of aryl methyl sites for hydroxylation is 2. The Kier molecular flexibility index (Phi) is 13.4. The first kappa shape index (κ1) is 39.4. The molecule has 0 spiro atoms. The third-order valence-electron chi connectivity index (χ3n) is 12.1. The normalized spacial score (nSPS) is 19.8. The van der Waals surface area contributed by atoms with Crippen molar-refractivity contribution in [1.29, 1.82) is 0 Å². The van der Waals surface area contributed by atoms with E-state index in [0.29, 0.717) is 81.7 Å². The summed E-state index contributed by atoms with van der Waals surface area (Å²) in [6, 6.07) is 11.5. The van der Waals surface area contributed by atoms with E-state index in [1.807, 2.05) is 60.0 Å². The van der Waals surface area contributed by atoms with Crippen LogP contribution in [0.25, 0.3) is 0 Å². The third kappa shape index (κ3) is 9.85. The highest BCUT2D eigenvalue weighted by Crippen LogP contribution is 2.33. The molecule has 2 N–H and O–H groups in total. The average Bonchev–Trinajstić information content (AvgIpc) is 3.35. The van der Waals surface area contributed by atoms with Gasteiger partial charge in [0.05, 0.1) is 13.2 Å². The lowest BCUT2D eigenvalue weighted by molar-refractivity contribution is -0.145. The molecule has 2 aromatic carbocycles. The first-order chi connectivity index (χ1) is 26.1. The number of unbranched alkanes of at least 4 members (excludes halogenated alkanes) is 1. The number of para-hydroxylation sites is 1. The third-order valence-corrected chi connectivity index (χ3v) is 12.1. The molecule has 6 rings (SSSR count). The molecule has 4 heterocycles. The number of aromatic hydroxyl groups is 1. The quantitative estimate of drug-likeness (QED) is 0.215. The minimum Gasteiger partial charge on any atom is -0.507 e. The van der Waals surface area contributed by atoms with Crippen molar-refractivity contribution >= 4 is 29.7 Å². The lowest BCUT2D eigenvalue weighted by atomic mass is 9.78. The Morgan fingerprint density at radius 1 is 0.870 bits per heavy atom. The summed E-state index contributed by atoms with van der Waals surface area (Å²) in [7, 11) is 0. The molecule has 0 radical (unpaired) electrons. The van der Waals surface area contributed by atoms with Crippen LogP contribution in [0.1, 0.15) is 80.5 Å². The van der Waals surface area contributed by atoms with Crippen LogP contribution >= 0.6 is 0 Å². The van der Waals surface area contributed by atoms with Crippen LogP contribution in [-0.4, -0.2) is 120 Å². The predicted octanol–water partition coefficient (Wildman–Crippen LogP) is 5.91. The number of piperidine rings is 3. The number of carbonyl (C=O) groups excluding carboxylic acids is 4.